The van der Waals surface area contributed by atoms with Gasteiger partial charge in [-0.2, -0.15) is 0 Å². The lowest BCUT2D eigenvalue weighted by Crippen LogP contribution is -2.11. The number of hydrogen-bond acceptors (Lipinski definition) is 5. The monoisotopic (exact) mass is 556 g/mol. The molecule has 5 aromatic carbocycles. The van der Waals surface area contributed by atoms with Gasteiger partial charge in [-0.25, -0.2) is 9.59 Å². The third-order valence-electron chi connectivity index (χ3n) is 7.23. The number of hydrogen-bond donors (Lipinski definition) is 0. The molecule has 0 aliphatic rings. The highest BCUT2D eigenvalue weighted by molar-refractivity contribution is 5.98. The first-order valence-corrected chi connectivity index (χ1v) is 13.9. The first-order chi connectivity index (χ1) is 20.2. The summed E-state index contributed by atoms with van der Waals surface area (Å²) in [6, 6.07) is 27.9. The summed E-state index contributed by atoms with van der Waals surface area (Å²) < 4.78 is 11.6. The molecule has 5 heteroatoms. The second-order valence-corrected chi connectivity index (χ2v) is 10.7. The van der Waals surface area contributed by atoms with Crippen LogP contribution in [0.3, 0.4) is 0 Å². The zero-order valence-corrected chi connectivity index (χ0v) is 24.0. The maximum Gasteiger partial charge on any atom is 0.343 e. The quantitative estimate of drug-likeness (QED) is 0.103. The number of allylic oxidation sites excluding steroid dienone is 1. The van der Waals surface area contributed by atoms with E-state index in [4.69, 9.17) is 9.47 Å². The summed E-state index contributed by atoms with van der Waals surface area (Å²) in [5.41, 5.74) is 4.31. The number of fused-ring (bicyclic) bond motifs is 2. The van der Waals surface area contributed by atoms with Crippen LogP contribution in [0.5, 0.6) is 11.5 Å². The minimum absolute atomic E-state index is 0.0194. The van der Waals surface area contributed by atoms with Crippen molar-refractivity contribution in [3.8, 4) is 11.5 Å². The van der Waals surface area contributed by atoms with Gasteiger partial charge in [0.2, 0.25) is 0 Å². The van der Waals surface area contributed by atoms with E-state index in [0.29, 0.717) is 53.0 Å². The van der Waals surface area contributed by atoms with E-state index in [1.165, 1.54) is 0 Å². The van der Waals surface area contributed by atoms with E-state index < -0.39 is 11.9 Å². The summed E-state index contributed by atoms with van der Waals surface area (Å²) in [5.74, 6) is -0.322. The molecule has 0 bridgehead atoms. The van der Waals surface area contributed by atoms with Crippen molar-refractivity contribution in [2.75, 3.05) is 0 Å². The maximum atomic E-state index is 13.2. The van der Waals surface area contributed by atoms with E-state index in [-0.39, 0.29) is 5.78 Å². The average molecular weight is 557 g/mol. The summed E-state index contributed by atoms with van der Waals surface area (Å²) in [5, 5.41) is 3.98. The number of esters is 2. The third-order valence-corrected chi connectivity index (χ3v) is 7.23. The molecule has 0 fully saturated rings. The second-order valence-electron chi connectivity index (χ2n) is 10.7. The number of carbonyl (C=O) groups excluding carboxylic acids is 3. The van der Waals surface area contributed by atoms with Crippen LogP contribution in [0.1, 0.15) is 57.2 Å². The Labute approximate surface area is 245 Å². The van der Waals surface area contributed by atoms with Crippen molar-refractivity contribution in [1.29, 1.82) is 0 Å². The Morgan fingerprint density at radius 3 is 1.74 bits per heavy atom. The van der Waals surface area contributed by atoms with Crippen LogP contribution >= 0.6 is 0 Å². The average Bonchev–Trinajstić information content (AvgIpc) is 2.97. The Bertz CT molecular complexity index is 1860. The van der Waals surface area contributed by atoms with Crippen LogP contribution < -0.4 is 9.47 Å². The molecular weight excluding hydrogens is 524 g/mol. The van der Waals surface area contributed by atoms with Crippen LogP contribution in [0.2, 0.25) is 0 Å². The van der Waals surface area contributed by atoms with Gasteiger partial charge in [-0.15, -0.1) is 0 Å². The molecule has 5 rings (SSSR count). The zero-order chi connectivity index (χ0) is 29.8. The van der Waals surface area contributed by atoms with Gasteiger partial charge in [0.25, 0.3) is 0 Å². The van der Waals surface area contributed by atoms with E-state index >= 15 is 0 Å². The number of aryl methyl sites for hydroxylation is 3. The Morgan fingerprint density at radius 1 is 0.643 bits per heavy atom. The predicted octanol–water partition coefficient (Wildman–Crippen LogP) is 8.52. The molecule has 5 aromatic rings. The van der Waals surface area contributed by atoms with E-state index in [1.54, 1.807) is 37.3 Å². The Kier molecular flexibility index (Phi) is 8.30. The van der Waals surface area contributed by atoms with E-state index in [9.17, 15) is 14.4 Å². The van der Waals surface area contributed by atoms with E-state index in [2.05, 4.69) is 18.7 Å². The van der Waals surface area contributed by atoms with Gasteiger partial charge in [0.1, 0.15) is 11.5 Å². The lowest BCUT2D eigenvalue weighted by molar-refractivity contribution is -0.115. The molecule has 0 N–H and O–H groups in total. The van der Waals surface area contributed by atoms with Crippen molar-refractivity contribution in [1.82, 2.24) is 0 Å². The third kappa shape index (κ3) is 6.64. The molecule has 0 aliphatic carbocycles. The Morgan fingerprint density at radius 2 is 1.17 bits per heavy atom. The normalized spacial score (nSPS) is 10.9. The van der Waals surface area contributed by atoms with Crippen molar-refractivity contribution in [2.24, 2.45) is 0 Å². The summed E-state index contributed by atoms with van der Waals surface area (Å²) >= 11 is 0. The van der Waals surface area contributed by atoms with Gasteiger partial charge in [0.05, 0.1) is 11.1 Å². The smallest absolute Gasteiger partial charge is 0.343 e. The number of carbonyl (C=O) groups is 3. The van der Waals surface area contributed by atoms with Crippen molar-refractivity contribution in [2.45, 2.75) is 40.0 Å². The molecule has 0 atom stereocenters. The number of benzene rings is 5. The van der Waals surface area contributed by atoms with Gasteiger partial charge >= 0.3 is 11.9 Å². The lowest BCUT2D eigenvalue weighted by atomic mass is 10.0. The van der Waals surface area contributed by atoms with Gasteiger partial charge in [0.15, 0.2) is 5.78 Å². The molecule has 0 amide bonds. The molecule has 0 heterocycles. The number of rotatable bonds is 9. The summed E-state index contributed by atoms with van der Waals surface area (Å²) in [4.78, 5) is 38.3. The fourth-order valence-electron chi connectivity index (χ4n) is 4.88. The number of ketones is 1. The van der Waals surface area contributed by atoms with Gasteiger partial charge in [-0.1, -0.05) is 66.2 Å². The Hall–Kier alpha value is -5.03. The minimum atomic E-state index is -0.493. The highest BCUT2D eigenvalue weighted by Gasteiger charge is 2.16. The lowest BCUT2D eigenvalue weighted by Gasteiger charge is -2.13. The molecule has 0 saturated carbocycles. The van der Waals surface area contributed by atoms with E-state index in [0.717, 1.165) is 32.7 Å². The van der Waals surface area contributed by atoms with Crippen LogP contribution in [-0.4, -0.2) is 17.7 Å². The molecule has 0 unspecified atom stereocenters. The summed E-state index contributed by atoms with van der Waals surface area (Å²) in [6.07, 6.45) is 1.28. The van der Waals surface area contributed by atoms with Crippen LogP contribution in [0.25, 0.3) is 21.5 Å². The summed E-state index contributed by atoms with van der Waals surface area (Å²) in [7, 11) is 0. The fourth-order valence-corrected chi connectivity index (χ4v) is 4.88. The molecule has 210 valence electrons. The molecule has 5 nitrogen and oxygen atoms in total. The largest absolute Gasteiger partial charge is 0.423 e. The maximum absolute atomic E-state index is 13.2. The second kappa shape index (κ2) is 12.2. The van der Waals surface area contributed by atoms with E-state index in [1.807, 2.05) is 62.4 Å². The standard InChI is InChI=1S/C37H32O5/c1-23(2)34(38)7-5-6-30-22-33(41-36(39)31-14-12-26-18-24(3)8-10-28(26)20-31)16-17-35(30)42-37(40)32-15-13-27-19-25(4)9-11-29(27)21-32/h8-22H,1,5-7H2,2-4H3. The fraction of sp³-hybridized carbons (Fsp3) is 0.162. The van der Waals surface area contributed by atoms with Gasteiger partial charge < -0.3 is 9.47 Å². The first-order valence-electron chi connectivity index (χ1n) is 13.9. The topological polar surface area (TPSA) is 69.7 Å². The summed E-state index contributed by atoms with van der Waals surface area (Å²) in [6.45, 7) is 9.46. The van der Waals surface area contributed by atoms with Crippen LogP contribution in [0, 0.1) is 13.8 Å². The van der Waals surface area contributed by atoms with Crippen LogP contribution in [-0.2, 0) is 11.2 Å². The Balaban J connectivity index is 1.37. The molecule has 42 heavy (non-hydrogen) atoms. The number of Topliss-reactive ketones (excluding diaryl/α,β-unsaturated/α-hetero) is 1. The zero-order valence-electron chi connectivity index (χ0n) is 24.0. The highest BCUT2D eigenvalue weighted by atomic mass is 16.5. The van der Waals surface area contributed by atoms with Crippen LogP contribution in [0.15, 0.2) is 103 Å². The van der Waals surface area contributed by atoms with Crippen molar-refractivity contribution < 1.29 is 23.9 Å². The SMILES string of the molecule is C=C(C)C(=O)CCCc1cc(OC(=O)c2ccc3cc(C)ccc3c2)ccc1OC(=O)c1ccc2cc(C)ccc2c1. The molecule has 0 spiro atoms. The number of ether oxygens (including phenoxy) is 2. The van der Waals surface area contributed by atoms with Crippen molar-refractivity contribution in [3.63, 3.8) is 0 Å². The van der Waals surface area contributed by atoms with Crippen molar-refractivity contribution >= 4 is 39.3 Å². The van der Waals surface area contributed by atoms with Gasteiger partial charge in [-0.3, -0.25) is 4.79 Å². The molecule has 0 aromatic heterocycles. The minimum Gasteiger partial charge on any atom is -0.423 e. The molecule has 0 saturated heterocycles. The van der Waals surface area contributed by atoms with Crippen molar-refractivity contribution in [3.05, 3.63) is 131 Å². The highest BCUT2D eigenvalue weighted by Crippen LogP contribution is 2.29. The van der Waals surface area contributed by atoms with Crippen LogP contribution in [0.4, 0.5) is 0 Å². The molecule has 0 radical (unpaired) electrons. The van der Waals surface area contributed by atoms with Gasteiger partial charge in [-0.05, 0) is 109 Å². The molecule has 0 aliphatic heterocycles. The molecular formula is C37H32O5. The predicted molar refractivity (Wildman–Crippen MR) is 166 cm³/mol. The first kappa shape index (κ1) is 28.5. The van der Waals surface area contributed by atoms with Gasteiger partial charge in [0, 0.05) is 6.42 Å².